The number of ether oxygens (including phenoxy) is 1. The molecule has 2 rings (SSSR count). The molecule has 0 aromatic heterocycles. The molecular formula is C20H32FNO4Si. The van der Waals surface area contributed by atoms with Crippen molar-refractivity contribution in [1.82, 2.24) is 0 Å². The minimum absolute atomic E-state index is 0.0304. The fourth-order valence-corrected chi connectivity index (χ4v) is 4.29. The van der Waals surface area contributed by atoms with Gasteiger partial charge in [0.1, 0.15) is 5.82 Å². The molecule has 0 bridgehead atoms. The highest BCUT2D eigenvalue weighted by Crippen LogP contribution is 2.45. The third-order valence-corrected chi connectivity index (χ3v) is 10.3. The molecular weight excluding hydrogens is 365 g/mol. The number of esters is 1. The Morgan fingerprint density at radius 2 is 2.00 bits per heavy atom. The Bertz CT molecular complexity index is 668. The van der Waals surface area contributed by atoms with Gasteiger partial charge in [0, 0.05) is 11.8 Å². The highest BCUT2D eigenvalue weighted by molar-refractivity contribution is 6.74. The molecule has 1 saturated carbocycles. The Balaban J connectivity index is 1.90. The summed E-state index contributed by atoms with van der Waals surface area (Å²) < 4.78 is 25.3. The van der Waals surface area contributed by atoms with E-state index in [-0.39, 0.29) is 29.4 Å². The number of hydrogen-bond acceptors (Lipinski definition) is 5. The lowest BCUT2D eigenvalue weighted by molar-refractivity contribution is -0.149. The third kappa shape index (κ3) is 5.30. The van der Waals surface area contributed by atoms with Crippen molar-refractivity contribution in [1.29, 1.82) is 0 Å². The van der Waals surface area contributed by atoms with Crippen LogP contribution in [0.2, 0.25) is 18.1 Å². The van der Waals surface area contributed by atoms with E-state index >= 15 is 0 Å². The van der Waals surface area contributed by atoms with Crippen LogP contribution in [0.3, 0.4) is 0 Å². The van der Waals surface area contributed by atoms with Crippen molar-refractivity contribution < 1.29 is 23.5 Å². The first kappa shape index (κ1) is 21.9. The van der Waals surface area contributed by atoms with Crippen LogP contribution in [-0.2, 0) is 14.0 Å². The largest absolute Gasteiger partial charge is 0.467 e. The highest BCUT2D eigenvalue weighted by atomic mass is 28.4. The van der Waals surface area contributed by atoms with E-state index in [4.69, 9.17) is 4.43 Å². The van der Waals surface area contributed by atoms with Gasteiger partial charge in [-0.3, -0.25) is 0 Å². The Kier molecular flexibility index (Phi) is 6.71. The van der Waals surface area contributed by atoms with Crippen molar-refractivity contribution in [2.75, 3.05) is 19.0 Å². The number of hydrogen-bond donors (Lipinski definition) is 2. The molecule has 0 aliphatic heterocycles. The van der Waals surface area contributed by atoms with Crippen molar-refractivity contribution in [3.63, 3.8) is 0 Å². The van der Waals surface area contributed by atoms with E-state index in [1.54, 1.807) is 12.1 Å². The van der Waals surface area contributed by atoms with Gasteiger partial charge < -0.3 is 19.6 Å². The Labute approximate surface area is 162 Å². The molecule has 0 unspecified atom stereocenters. The summed E-state index contributed by atoms with van der Waals surface area (Å²) in [5, 5.41) is 12.6. The summed E-state index contributed by atoms with van der Waals surface area (Å²) in [7, 11) is -0.581. The maximum absolute atomic E-state index is 14.5. The smallest absolute Gasteiger partial charge is 0.336 e. The van der Waals surface area contributed by atoms with Gasteiger partial charge in [-0.1, -0.05) is 26.8 Å². The Morgan fingerprint density at radius 1 is 1.37 bits per heavy atom. The van der Waals surface area contributed by atoms with E-state index in [0.717, 1.165) is 12.8 Å². The first-order valence-electron chi connectivity index (χ1n) is 9.41. The number of carbonyl (C=O) groups is 1. The van der Waals surface area contributed by atoms with E-state index in [1.807, 2.05) is 0 Å². The lowest BCUT2D eigenvalue weighted by atomic mass is 9.77. The van der Waals surface area contributed by atoms with Gasteiger partial charge in [-0.15, -0.1) is 0 Å². The maximum atomic E-state index is 14.5. The molecule has 1 fully saturated rings. The molecule has 0 heterocycles. The zero-order chi connectivity index (χ0) is 20.4. The molecule has 7 heteroatoms. The highest BCUT2D eigenvalue weighted by Gasteiger charge is 2.43. The molecule has 27 heavy (non-hydrogen) atoms. The number of halogens is 1. The molecule has 1 atom stereocenters. The van der Waals surface area contributed by atoms with Crippen LogP contribution >= 0.6 is 0 Å². The maximum Gasteiger partial charge on any atom is 0.336 e. The molecule has 0 radical (unpaired) electrons. The molecule has 2 N–H and O–H groups in total. The van der Waals surface area contributed by atoms with Gasteiger partial charge in [0.05, 0.1) is 13.7 Å². The topological polar surface area (TPSA) is 67.8 Å². The van der Waals surface area contributed by atoms with Crippen molar-refractivity contribution in [2.24, 2.45) is 0 Å². The average Bonchev–Trinajstić information content (AvgIpc) is 2.54. The zero-order valence-corrected chi connectivity index (χ0v) is 18.1. The molecule has 1 aliphatic rings. The zero-order valence-electron chi connectivity index (χ0n) is 17.1. The predicted molar refractivity (Wildman–Crippen MR) is 107 cm³/mol. The Hall–Kier alpha value is -1.44. The van der Waals surface area contributed by atoms with E-state index in [1.165, 1.54) is 13.2 Å². The molecule has 0 spiro atoms. The number of benzene rings is 1. The second kappa shape index (κ2) is 8.28. The van der Waals surface area contributed by atoms with Crippen molar-refractivity contribution in [3.8, 4) is 0 Å². The second-order valence-corrected chi connectivity index (χ2v) is 13.6. The fraction of sp³-hybridized carbons (Fsp3) is 0.650. The molecule has 1 aromatic carbocycles. The average molecular weight is 398 g/mol. The SMILES string of the molecule is COC(=O)[C@H](O)CNc1ccc(C2CC(O[Si](C)(C)C(C)(C)C)C2)c(F)c1. The monoisotopic (exact) mass is 397 g/mol. The summed E-state index contributed by atoms with van der Waals surface area (Å²) in [5.41, 5.74) is 1.22. The number of methoxy groups -OCH3 is 1. The van der Waals surface area contributed by atoms with Crippen LogP contribution in [0.1, 0.15) is 45.1 Å². The van der Waals surface area contributed by atoms with Crippen molar-refractivity contribution in [2.45, 2.75) is 69.9 Å². The molecule has 152 valence electrons. The van der Waals surface area contributed by atoms with Gasteiger partial charge in [0.2, 0.25) is 0 Å². The molecule has 1 aliphatic carbocycles. The van der Waals surface area contributed by atoms with Crippen LogP contribution in [0, 0.1) is 5.82 Å². The lowest BCUT2D eigenvalue weighted by Crippen LogP contribution is -2.47. The van der Waals surface area contributed by atoms with Gasteiger partial charge in [-0.25, -0.2) is 9.18 Å². The summed E-state index contributed by atoms with van der Waals surface area (Å²) in [6.07, 6.45) is 0.620. The number of carbonyl (C=O) groups excluding carboxylic acids is 1. The standard InChI is InChI=1S/C20H32FNO4Si/c1-20(2,3)27(5,6)26-15-9-13(10-15)16-8-7-14(11-17(16)21)22-12-18(23)19(24)25-4/h7-8,11,13,15,18,22-23H,9-10,12H2,1-6H3/t13?,15?,18-/m1/s1. The predicted octanol–water partition coefficient (Wildman–Crippen LogP) is 4.04. The van der Waals surface area contributed by atoms with Crippen molar-refractivity contribution >= 4 is 20.0 Å². The van der Waals surface area contributed by atoms with Crippen LogP contribution in [-0.4, -0.2) is 45.3 Å². The van der Waals surface area contributed by atoms with E-state index in [9.17, 15) is 14.3 Å². The number of aliphatic hydroxyl groups is 1. The van der Waals surface area contributed by atoms with Crippen LogP contribution in [0.15, 0.2) is 18.2 Å². The quantitative estimate of drug-likeness (QED) is 0.537. The summed E-state index contributed by atoms with van der Waals surface area (Å²) in [6.45, 7) is 11.1. The molecule has 0 saturated heterocycles. The molecule has 1 aromatic rings. The molecule has 0 amide bonds. The third-order valence-electron chi connectivity index (χ3n) is 5.78. The number of anilines is 1. The minimum atomic E-state index is -1.79. The van der Waals surface area contributed by atoms with E-state index in [2.05, 4.69) is 43.9 Å². The first-order chi connectivity index (χ1) is 12.4. The van der Waals surface area contributed by atoms with Crippen LogP contribution in [0.4, 0.5) is 10.1 Å². The van der Waals surface area contributed by atoms with Crippen molar-refractivity contribution in [3.05, 3.63) is 29.6 Å². The Morgan fingerprint density at radius 3 is 2.52 bits per heavy atom. The lowest BCUT2D eigenvalue weighted by Gasteiger charge is -2.45. The second-order valence-electron chi connectivity index (χ2n) is 8.82. The van der Waals surface area contributed by atoms with Gasteiger partial charge in [0.25, 0.3) is 0 Å². The van der Waals surface area contributed by atoms with E-state index < -0.39 is 20.4 Å². The summed E-state index contributed by atoms with van der Waals surface area (Å²) in [5.74, 6) is -0.820. The first-order valence-corrected chi connectivity index (χ1v) is 12.3. The normalized spacial score (nSPS) is 21.3. The van der Waals surface area contributed by atoms with Gasteiger partial charge in [-0.05, 0) is 54.6 Å². The van der Waals surface area contributed by atoms with Crippen LogP contribution in [0.25, 0.3) is 0 Å². The molecule has 5 nitrogen and oxygen atoms in total. The number of aliphatic hydroxyl groups excluding tert-OH is 1. The number of nitrogens with one attached hydrogen (secondary N) is 1. The minimum Gasteiger partial charge on any atom is -0.467 e. The summed E-state index contributed by atoms with van der Waals surface area (Å²) in [6, 6.07) is 4.95. The van der Waals surface area contributed by atoms with Gasteiger partial charge >= 0.3 is 5.97 Å². The summed E-state index contributed by atoms with van der Waals surface area (Å²) >= 11 is 0. The summed E-state index contributed by atoms with van der Waals surface area (Å²) in [4.78, 5) is 11.2. The fourth-order valence-electron chi connectivity index (χ4n) is 2.91. The van der Waals surface area contributed by atoms with Crippen LogP contribution < -0.4 is 5.32 Å². The van der Waals surface area contributed by atoms with Gasteiger partial charge in [-0.2, -0.15) is 0 Å². The number of rotatable bonds is 7. The van der Waals surface area contributed by atoms with E-state index in [0.29, 0.717) is 11.3 Å². The van der Waals surface area contributed by atoms with Crippen LogP contribution in [0.5, 0.6) is 0 Å². The van der Waals surface area contributed by atoms with Gasteiger partial charge in [0.15, 0.2) is 14.4 Å².